The smallest absolute Gasteiger partial charge is 0.410 e. The average molecular weight is 153 g/mol. The third-order valence-electron chi connectivity index (χ3n) is 1.85. The summed E-state index contributed by atoms with van der Waals surface area (Å²) in [7, 11) is 1.37. The van der Waals surface area contributed by atoms with Gasteiger partial charge in [-0.05, 0) is 12.8 Å². The molecule has 0 aliphatic carbocycles. The van der Waals surface area contributed by atoms with E-state index < -0.39 is 0 Å². The highest BCUT2D eigenvalue weighted by atomic mass is 16.5. The quantitative estimate of drug-likeness (QED) is 0.483. The number of methoxy groups -OCH3 is 1. The number of carbonyl (C=O) groups is 1. The third-order valence-corrected chi connectivity index (χ3v) is 1.85. The Balaban J connectivity index is 2.58. The molecule has 1 rings (SSSR count). The minimum Gasteiger partial charge on any atom is -0.453 e. The van der Waals surface area contributed by atoms with Crippen molar-refractivity contribution in [3.05, 3.63) is 0 Å². The number of ether oxygens (including phenoxy) is 1. The predicted octanol–water partition coefficient (Wildman–Crippen LogP) is 0.850. The Morgan fingerprint density at radius 3 is 3.09 bits per heavy atom. The Bertz CT molecular complexity index is 195. The Morgan fingerprint density at radius 2 is 2.55 bits per heavy atom. The van der Waals surface area contributed by atoms with Gasteiger partial charge in [0.2, 0.25) is 0 Å². The Kier molecular flexibility index (Phi) is 2.37. The summed E-state index contributed by atoms with van der Waals surface area (Å²) < 4.78 is 4.56. The fraction of sp³-hybridized carbons (Fsp3) is 0.625. The van der Waals surface area contributed by atoms with E-state index in [0.29, 0.717) is 0 Å². The van der Waals surface area contributed by atoms with Gasteiger partial charge in [-0.2, -0.15) is 0 Å². The van der Waals surface area contributed by atoms with E-state index in [4.69, 9.17) is 6.42 Å². The standard InChI is InChI=1S/C8H11NO2/c1-3-7-5-4-6-9(7)8(10)11-2/h1,7H,4-6H2,2H3/t7-/m1/s1. The van der Waals surface area contributed by atoms with Crippen molar-refractivity contribution in [2.75, 3.05) is 13.7 Å². The Labute approximate surface area is 66.3 Å². The number of likely N-dealkylation sites (tertiary alicyclic amines) is 1. The molecule has 3 nitrogen and oxygen atoms in total. The molecule has 1 fully saturated rings. The summed E-state index contributed by atoms with van der Waals surface area (Å²) in [5.41, 5.74) is 0. The molecule has 1 aliphatic rings. The van der Waals surface area contributed by atoms with Gasteiger partial charge in [-0.15, -0.1) is 6.42 Å². The SMILES string of the molecule is C#C[C@@H]1CCCN1C(=O)OC. The van der Waals surface area contributed by atoms with E-state index in [0.717, 1.165) is 19.4 Å². The van der Waals surface area contributed by atoms with Gasteiger partial charge in [0.1, 0.15) is 0 Å². The molecule has 60 valence electrons. The van der Waals surface area contributed by atoms with Crippen LogP contribution in [-0.2, 0) is 4.74 Å². The van der Waals surface area contributed by atoms with Crippen molar-refractivity contribution in [1.29, 1.82) is 0 Å². The number of hydrogen-bond acceptors (Lipinski definition) is 2. The van der Waals surface area contributed by atoms with Crippen LogP contribution in [-0.4, -0.2) is 30.7 Å². The molecule has 0 radical (unpaired) electrons. The van der Waals surface area contributed by atoms with Gasteiger partial charge in [0.25, 0.3) is 0 Å². The number of amides is 1. The molecule has 0 spiro atoms. The number of hydrogen-bond donors (Lipinski definition) is 0. The van der Waals surface area contributed by atoms with Crippen LogP contribution in [0.1, 0.15) is 12.8 Å². The molecule has 1 aliphatic heterocycles. The first kappa shape index (κ1) is 7.93. The largest absolute Gasteiger partial charge is 0.453 e. The first-order valence-electron chi connectivity index (χ1n) is 3.60. The number of terminal acetylenes is 1. The van der Waals surface area contributed by atoms with E-state index in [1.807, 2.05) is 0 Å². The molecule has 0 aromatic rings. The highest BCUT2D eigenvalue weighted by molar-refractivity contribution is 5.68. The minimum atomic E-state index is -0.314. The minimum absolute atomic E-state index is 0.0533. The zero-order valence-corrected chi connectivity index (χ0v) is 6.54. The van der Waals surface area contributed by atoms with Crippen LogP contribution in [0.15, 0.2) is 0 Å². The maximum Gasteiger partial charge on any atom is 0.410 e. The van der Waals surface area contributed by atoms with E-state index in [-0.39, 0.29) is 12.1 Å². The topological polar surface area (TPSA) is 29.5 Å². The van der Waals surface area contributed by atoms with Crippen LogP contribution in [0, 0.1) is 12.3 Å². The van der Waals surface area contributed by atoms with Crippen molar-refractivity contribution in [3.63, 3.8) is 0 Å². The summed E-state index contributed by atoms with van der Waals surface area (Å²) in [6.45, 7) is 0.724. The maximum atomic E-state index is 11.0. The molecular weight excluding hydrogens is 142 g/mol. The molecule has 1 saturated heterocycles. The van der Waals surface area contributed by atoms with Crippen molar-refractivity contribution in [2.24, 2.45) is 0 Å². The van der Waals surface area contributed by atoms with Gasteiger partial charge >= 0.3 is 6.09 Å². The lowest BCUT2D eigenvalue weighted by Gasteiger charge is -2.18. The predicted molar refractivity (Wildman–Crippen MR) is 41.0 cm³/mol. The van der Waals surface area contributed by atoms with Crippen molar-refractivity contribution in [1.82, 2.24) is 4.90 Å². The van der Waals surface area contributed by atoms with Crippen molar-refractivity contribution >= 4 is 6.09 Å². The molecule has 0 unspecified atom stereocenters. The number of rotatable bonds is 0. The zero-order valence-electron chi connectivity index (χ0n) is 6.54. The summed E-state index contributed by atoms with van der Waals surface area (Å²) in [6, 6.07) is -0.0533. The lowest BCUT2D eigenvalue weighted by atomic mass is 10.2. The Hall–Kier alpha value is -1.17. The number of carbonyl (C=O) groups excluding carboxylic acids is 1. The van der Waals surface area contributed by atoms with Gasteiger partial charge in [-0.3, -0.25) is 4.90 Å². The molecule has 3 heteroatoms. The fourth-order valence-electron chi connectivity index (χ4n) is 1.28. The highest BCUT2D eigenvalue weighted by Gasteiger charge is 2.27. The maximum absolute atomic E-state index is 11.0. The molecule has 0 aromatic heterocycles. The molecule has 0 aromatic carbocycles. The van der Waals surface area contributed by atoms with Crippen LogP contribution < -0.4 is 0 Å². The Morgan fingerprint density at radius 1 is 1.82 bits per heavy atom. The fourth-order valence-corrected chi connectivity index (χ4v) is 1.28. The molecule has 0 bridgehead atoms. The second kappa shape index (κ2) is 3.29. The molecule has 11 heavy (non-hydrogen) atoms. The van der Waals surface area contributed by atoms with Crippen molar-refractivity contribution in [3.8, 4) is 12.3 Å². The van der Waals surface area contributed by atoms with Crippen molar-refractivity contribution in [2.45, 2.75) is 18.9 Å². The van der Waals surface area contributed by atoms with Crippen LogP contribution in [0.3, 0.4) is 0 Å². The van der Waals surface area contributed by atoms with Crippen LogP contribution in [0.4, 0.5) is 4.79 Å². The first-order valence-corrected chi connectivity index (χ1v) is 3.60. The van der Waals surface area contributed by atoms with Gasteiger partial charge in [0.15, 0.2) is 0 Å². The third kappa shape index (κ3) is 1.45. The van der Waals surface area contributed by atoms with Crippen molar-refractivity contribution < 1.29 is 9.53 Å². The van der Waals surface area contributed by atoms with E-state index in [1.165, 1.54) is 7.11 Å². The lowest BCUT2D eigenvalue weighted by molar-refractivity contribution is 0.126. The molecule has 0 saturated carbocycles. The summed E-state index contributed by atoms with van der Waals surface area (Å²) in [6.07, 6.45) is 6.77. The van der Waals surface area contributed by atoms with E-state index in [9.17, 15) is 4.79 Å². The van der Waals surface area contributed by atoms with Gasteiger partial charge in [0, 0.05) is 6.54 Å². The summed E-state index contributed by atoms with van der Waals surface area (Å²) in [4.78, 5) is 12.6. The van der Waals surface area contributed by atoms with E-state index in [2.05, 4.69) is 10.7 Å². The average Bonchev–Trinajstić information content (AvgIpc) is 2.50. The van der Waals surface area contributed by atoms with E-state index in [1.54, 1.807) is 4.90 Å². The first-order chi connectivity index (χ1) is 5.29. The molecule has 1 heterocycles. The summed E-state index contributed by atoms with van der Waals surface area (Å²) in [5.74, 6) is 2.55. The summed E-state index contributed by atoms with van der Waals surface area (Å²) in [5, 5.41) is 0. The van der Waals surface area contributed by atoms with Gasteiger partial charge in [-0.25, -0.2) is 4.79 Å². The van der Waals surface area contributed by atoms with Gasteiger partial charge in [0.05, 0.1) is 13.2 Å². The van der Waals surface area contributed by atoms with Crippen LogP contribution in [0.2, 0.25) is 0 Å². The van der Waals surface area contributed by atoms with Crippen LogP contribution in [0.5, 0.6) is 0 Å². The van der Waals surface area contributed by atoms with Gasteiger partial charge in [-0.1, -0.05) is 5.92 Å². The molecular formula is C8H11NO2. The van der Waals surface area contributed by atoms with Crippen LogP contribution in [0.25, 0.3) is 0 Å². The van der Waals surface area contributed by atoms with Crippen LogP contribution >= 0.6 is 0 Å². The number of nitrogens with zero attached hydrogens (tertiary/aromatic N) is 1. The molecule has 0 N–H and O–H groups in total. The molecule has 1 amide bonds. The monoisotopic (exact) mass is 153 g/mol. The second-order valence-corrected chi connectivity index (χ2v) is 2.49. The highest BCUT2D eigenvalue weighted by Crippen LogP contribution is 2.16. The normalized spacial score (nSPS) is 22.9. The zero-order chi connectivity index (χ0) is 8.27. The summed E-state index contributed by atoms with van der Waals surface area (Å²) >= 11 is 0. The second-order valence-electron chi connectivity index (χ2n) is 2.49. The molecule has 1 atom stereocenters. The lowest BCUT2D eigenvalue weighted by Crippen LogP contribution is -2.34. The van der Waals surface area contributed by atoms with Gasteiger partial charge < -0.3 is 4.74 Å². The van der Waals surface area contributed by atoms with E-state index >= 15 is 0 Å².